The molecular weight excluding hydrogens is 761 g/mol. The van der Waals surface area contributed by atoms with Gasteiger partial charge < -0.3 is 4.74 Å². The summed E-state index contributed by atoms with van der Waals surface area (Å²) in [4.78, 5) is 77.0. The number of amides is 3. The van der Waals surface area contributed by atoms with Crippen LogP contribution in [0.1, 0.15) is 43.9 Å². The van der Waals surface area contributed by atoms with E-state index in [0.717, 1.165) is 10.0 Å². The topological polar surface area (TPSA) is 144 Å². The highest BCUT2D eigenvalue weighted by atomic mass is 79.9. The maximum atomic E-state index is 13.8. The van der Waals surface area contributed by atoms with Crippen LogP contribution in [0.4, 0.5) is 5.69 Å². The molecule has 0 spiro atoms. The zero-order valence-electron chi connectivity index (χ0n) is 22.9. The Morgan fingerprint density at radius 3 is 1.98 bits per heavy atom. The molecule has 1 aliphatic carbocycles. The molecule has 11 nitrogen and oxygen atoms in total. The average Bonchev–Trinajstić information content (AvgIpc) is 3.24. The highest BCUT2D eigenvalue weighted by Gasteiger charge is 2.55. The van der Waals surface area contributed by atoms with Crippen LogP contribution in [0.2, 0.25) is 10.0 Å². The van der Waals surface area contributed by atoms with Crippen molar-refractivity contribution < 1.29 is 33.6 Å². The van der Waals surface area contributed by atoms with E-state index < -0.39 is 52.8 Å². The zero-order chi connectivity index (χ0) is 32.6. The Hall–Kier alpha value is -3.65. The molecule has 1 saturated heterocycles. The molecule has 1 aliphatic heterocycles. The molecule has 1 heterocycles. The van der Waals surface area contributed by atoms with Crippen LogP contribution in [0.15, 0.2) is 66.7 Å². The number of ketones is 1. The standard InChI is InChI=1S/C30H21Br2Cl2N3O8/c31-23-12-21-22(13-24(23)32)29(41)36(28(21)40)35(27(39)20-10-5-17(33)11-25(20)34)14-26(38)15-3-8-19(9-4-15)45-30(42)16-1-6-18(7-2-16)37(43)44/h1-11,21-24H,12-14H2/t21-,22-,23-,24+/m1/s1. The number of hydrogen-bond donors (Lipinski definition) is 0. The maximum absolute atomic E-state index is 13.8. The van der Waals surface area contributed by atoms with Crippen LogP contribution in [0.3, 0.4) is 0 Å². The van der Waals surface area contributed by atoms with E-state index >= 15 is 0 Å². The van der Waals surface area contributed by atoms with E-state index in [1.807, 2.05) is 0 Å². The van der Waals surface area contributed by atoms with E-state index in [9.17, 15) is 34.1 Å². The number of hydrogen-bond acceptors (Lipinski definition) is 8. The smallest absolute Gasteiger partial charge is 0.343 e. The molecule has 0 aromatic heterocycles. The Bertz CT molecular complexity index is 1690. The first-order valence-corrected chi connectivity index (χ1v) is 16.0. The number of imide groups is 1. The summed E-state index contributed by atoms with van der Waals surface area (Å²) in [7, 11) is 0. The predicted octanol–water partition coefficient (Wildman–Crippen LogP) is 6.28. The summed E-state index contributed by atoms with van der Waals surface area (Å²) < 4.78 is 5.30. The number of rotatable bonds is 8. The quantitative estimate of drug-likeness (QED) is 0.0494. The van der Waals surface area contributed by atoms with Crippen LogP contribution >= 0.6 is 55.1 Å². The van der Waals surface area contributed by atoms with E-state index in [-0.39, 0.29) is 47.8 Å². The lowest BCUT2D eigenvalue weighted by Gasteiger charge is -2.30. The number of nitro groups is 1. The summed E-state index contributed by atoms with van der Waals surface area (Å²) in [5.41, 5.74) is -0.0676. The van der Waals surface area contributed by atoms with Gasteiger partial charge in [-0.15, -0.1) is 0 Å². The van der Waals surface area contributed by atoms with Crippen molar-refractivity contribution in [2.24, 2.45) is 11.8 Å². The molecule has 0 unspecified atom stereocenters. The number of carbonyl (C=O) groups is 5. The second-order valence-corrected chi connectivity index (χ2v) is 13.5. The van der Waals surface area contributed by atoms with Gasteiger partial charge >= 0.3 is 5.97 Å². The molecule has 0 bridgehead atoms. The van der Waals surface area contributed by atoms with Crippen LogP contribution in [0.5, 0.6) is 5.75 Å². The number of esters is 1. The lowest BCUT2D eigenvalue weighted by molar-refractivity contribution is -0.384. The molecule has 0 radical (unpaired) electrons. The molecule has 5 rings (SSSR count). The molecule has 3 aromatic carbocycles. The second kappa shape index (κ2) is 13.4. The van der Waals surface area contributed by atoms with Crippen molar-refractivity contribution in [1.82, 2.24) is 10.0 Å². The number of ether oxygens (including phenoxy) is 1. The minimum absolute atomic E-state index is 0.0262. The van der Waals surface area contributed by atoms with Gasteiger partial charge in [0.1, 0.15) is 12.3 Å². The third-order valence-electron chi connectivity index (χ3n) is 7.52. The van der Waals surface area contributed by atoms with Gasteiger partial charge in [-0.1, -0.05) is 55.1 Å². The fraction of sp³-hybridized carbons (Fsp3) is 0.233. The number of carbonyl (C=O) groups excluding carboxylic acids is 5. The van der Waals surface area contributed by atoms with Gasteiger partial charge in [-0.05, 0) is 67.4 Å². The van der Waals surface area contributed by atoms with E-state index in [1.54, 1.807) is 0 Å². The molecule has 3 aromatic rings. The van der Waals surface area contributed by atoms with Crippen molar-refractivity contribution in [1.29, 1.82) is 0 Å². The number of nitrogens with zero attached hydrogens (tertiary/aromatic N) is 3. The van der Waals surface area contributed by atoms with Gasteiger partial charge in [0.05, 0.1) is 32.9 Å². The molecule has 15 heteroatoms. The fourth-order valence-corrected chi connectivity index (χ4v) is 6.90. The molecule has 0 N–H and O–H groups in total. The van der Waals surface area contributed by atoms with E-state index in [4.69, 9.17) is 27.9 Å². The number of benzene rings is 3. The number of alkyl halides is 2. The van der Waals surface area contributed by atoms with Gasteiger partial charge in [0, 0.05) is 32.4 Å². The summed E-state index contributed by atoms with van der Waals surface area (Å²) in [5.74, 6) is -4.68. The SMILES string of the molecule is O=C(CN(C(=O)c1ccc(Cl)cc1Cl)N1C(=O)[C@@H]2C[C@@H](Br)[C@@H](Br)C[C@H]2C1=O)c1ccc(OC(=O)c2ccc([N+](=O)[O-])cc2)cc1. The van der Waals surface area contributed by atoms with E-state index in [0.29, 0.717) is 12.8 Å². The minimum atomic E-state index is -0.843. The molecule has 2 fully saturated rings. The monoisotopic (exact) mass is 779 g/mol. The molecule has 1 saturated carbocycles. The summed E-state index contributed by atoms with van der Waals surface area (Å²) >= 11 is 19.4. The third kappa shape index (κ3) is 6.81. The van der Waals surface area contributed by atoms with Gasteiger partial charge in [0.25, 0.3) is 23.4 Å². The number of nitro benzene ring substituents is 1. The van der Waals surface area contributed by atoms with Crippen LogP contribution < -0.4 is 4.74 Å². The first kappa shape index (κ1) is 32.7. The number of fused-ring (bicyclic) bond motifs is 1. The lowest BCUT2D eigenvalue weighted by Crippen LogP contribution is -2.52. The summed E-state index contributed by atoms with van der Waals surface area (Å²) in [6.45, 7) is -0.674. The van der Waals surface area contributed by atoms with E-state index in [2.05, 4.69) is 31.9 Å². The molecule has 4 atom stereocenters. The average molecular weight is 782 g/mol. The fourth-order valence-electron chi connectivity index (χ4n) is 5.17. The van der Waals surface area contributed by atoms with Crippen molar-refractivity contribution in [3.05, 3.63) is 104 Å². The highest BCUT2D eigenvalue weighted by Crippen LogP contribution is 2.44. The Kier molecular flexibility index (Phi) is 9.73. The molecule has 2 aliphatic rings. The van der Waals surface area contributed by atoms with Crippen LogP contribution in [-0.2, 0) is 9.59 Å². The molecule has 45 heavy (non-hydrogen) atoms. The number of hydrazine groups is 1. The van der Waals surface area contributed by atoms with Crippen LogP contribution in [0.25, 0.3) is 0 Å². The van der Waals surface area contributed by atoms with Gasteiger partial charge in [-0.25, -0.2) is 9.80 Å². The van der Waals surface area contributed by atoms with Crippen molar-refractivity contribution in [2.75, 3.05) is 6.54 Å². The normalized spacial score (nSPS) is 20.8. The van der Waals surface area contributed by atoms with Crippen molar-refractivity contribution in [2.45, 2.75) is 22.5 Å². The Morgan fingerprint density at radius 1 is 0.889 bits per heavy atom. The van der Waals surface area contributed by atoms with Crippen LogP contribution in [-0.4, -0.2) is 60.6 Å². The van der Waals surface area contributed by atoms with Gasteiger partial charge in [-0.2, -0.15) is 5.01 Å². The minimum Gasteiger partial charge on any atom is -0.423 e. The Morgan fingerprint density at radius 2 is 1.44 bits per heavy atom. The predicted molar refractivity (Wildman–Crippen MR) is 170 cm³/mol. The number of halogens is 4. The van der Waals surface area contributed by atoms with Gasteiger partial charge in [-0.3, -0.25) is 29.3 Å². The largest absolute Gasteiger partial charge is 0.423 e. The Labute approximate surface area is 282 Å². The zero-order valence-corrected chi connectivity index (χ0v) is 27.6. The summed E-state index contributed by atoms with van der Waals surface area (Å²) in [6.07, 6.45) is 0.721. The molecule has 232 valence electrons. The van der Waals surface area contributed by atoms with Crippen molar-refractivity contribution in [3.63, 3.8) is 0 Å². The first-order chi connectivity index (χ1) is 21.3. The third-order valence-corrected chi connectivity index (χ3v) is 10.8. The second-order valence-electron chi connectivity index (χ2n) is 10.3. The summed E-state index contributed by atoms with van der Waals surface area (Å²) in [6, 6.07) is 14.4. The van der Waals surface area contributed by atoms with Gasteiger partial charge in [0.15, 0.2) is 5.78 Å². The van der Waals surface area contributed by atoms with Crippen molar-refractivity contribution in [3.8, 4) is 5.75 Å². The first-order valence-electron chi connectivity index (χ1n) is 13.4. The van der Waals surface area contributed by atoms with Crippen LogP contribution in [0, 0.1) is 22.0 Å². The molecular formula is C30H21Br2Cl2N3O8. The highest BCUT2D eigenvalue weighted by molar-refractivity contribution is 9.12. The molecule has 3 amide bonds. The Balaban J connectivity index is 1.38. The van der Waals surface area contributed by atoms with Gasteiger partial charge in [0.2, 0.25) is 0 Å². The lowest BCUT2D eigenvalue weighted by atomic mass is 9.81. The number of Topliss-reactive ketones (excluding diaryl/α,β-unsaturated/α-hetero) is 1. The summed E-state index contributed by atoms with van der Waals surface area (Å²) in [5, 5.41) is 12.7. The van der Waals surface area contributed by atoms with Crippen molar-refractivity contribution >= 4 is 90.2 Å². The number of non-ortho nitro benzene ring substituents is 1. The van der Waals surface area contributed by atoms with E-state index in [1.165, 1.54) is 66.7 Å². The maximum Gasteiger partial charge on any atom is 0.343 e.